The van der Waals surface area contributed by atoms with Crippen LogP contribution in [0.2, 0.25) is 0 Å². The monoisotopic (exact) mass is 320 g/mol. The Balaban J connectivity index is 2.50. The second kappa shape index (κ2) is 6.07. The summed E-state index contributed by atoms with van der Waals surface area (Å²) >= 11 is 0. The number of amides is 1. The Morgan fingerprint density at radius 3 is 2.32 bits per heavy atom. The van der Waals surface area contributed by atoms with Gasteiger partial charge < -0.3 is 10.5 Å². The van der Waals surface area contributed by atoms with Crippen LogP contribution in [0, 0.1) is 0 Å². The molecule has 0 spiro atoms. The van der Waals surface area contributed by atoms with Gasteiger partial charge in [-0.15, -0.1) is 0 Å². The van der Waals surface area contributed by atoms with Crippen LogP contribution in [0.3, 0.4) is 0 Å². The van der Waals surface area contributed by atoms with E-state index in [1.807, 2.05) is 0 Å². The molecule has 0 aliphatic rings. The SMILES string of the molecule is COc1ccc(S(=O)(=O)N(C)c2ccccc2)cc1C(N)=O. The van der Waals surface area contributed by atoms with Crippen molar-refractivity contribution in [3.8, 4) is 5.75 Å². The maximum Gasteiger partial charge on any atom is 0.264 e. The number of benzene rings is 2. The zero-order chi connectivity index (χ0) is 16.3. The Morgan fingerprint density at radius 1 is 1.14 bits per heavy atom. The van der Waals surface area contributed by atoms with E-state index in [1.165, 1.54) is 32.4 Å². The Kier molecular flexibility index (Phi) is 4.37. The van der Waals surface area contributed by atoms with Crippen LogP contribution in [0.4, 0.5) is 5.69 Å². The fourth-order valence-corrected chi connectivity index (χ4v) is 3.20. The Morgan fingerprint density at radius 2 is 1.77 bits per heavy atom. The van der Waals surface area contributed by atoms with Gasteiger partial charge in [-0.25, -0.2) is 8.42 Å². The van der Waals surface area contributed by atoms with Gasteiger partial charge in [-0.3, -0.25) is 9.10 Å². The molecule has 6 nitrogen and oxygen atoms in total. The van der Waals surface area contributed by atoms with Gasteiger partial charge in [-0.2, -0.15) is 0 Å². The number of nitrogens with zero attached hydrogens (tertiary/aromatic N) is 1. The van der Waals surface area contributed by atoms with Crippen molar-refractivity contribution in [1.29, 1.82) is 0 Å². The fourth-order valence-electron chi connectivity index (χ4n) is 1.97. The highest BCUT2D eigenvalue weighted by atomic mass is 32.2. The van der Waals surface area contributed by atoms with Crippen LogP contribution >= 0.6 is 0 Å². The molecule has 1 amide bonds. The number of methoxy groups -OCH3 is 1. The molecule has 22 heavy (non-hydrogen) atoms. The summed E-state index contributed by atoms with van der Waals surface area (Å²) in [6.45, 7) is 0. The van der Waals surface area contributed by atoms with Crippen LogP contribution < -0.4 is 14.8 Å². The smallest absolute Gasteiger partial charge is 0.264 e. The van der Waals surface area contributed by atoms with E-state index >= 15 is 0 Å². The summed E-state index contributed by atoms with van der Waals surface area (Å²) in [4.78, 5) is 11.4. The molecule has 0 saturated carbocycles. The molecule has 116 valence electrons. The van der Waals surface area contributed by atoms with E-state index in [0.717, 1.165) is 4.31 Å². The minimum Gasteiger partial charge on any atom is -0.496 e. The fraction of sp³-hybridized carbons (Fsp3) is 0.133. The molecule has 7 heteroatoms. The van der Waals surface area contributed by atoms with Crippen molar-refractivity contribution >= 4 is 21.6 Å². The molecular weight excluding hydrogens is 304 g/mol. The van der Waals surface area contributed by atoms with Crippen LogP contribution in [-0.4, -0.2) is 28.5 Å². The number of primary amides is 1. The summed E-state index contributed by atoms with van der Waals surface area (Å²) in [7, 11) is -0.979. The highest BCUT2D eigenvalue weighted by Crippen LogP contribution is 2.26. The molecular formula is C15H16N2O4S. The van der Waals surface area contributed by atoms with Gasteiger partial charge in [0.2, 0.25) is 0 Å². The predicted octanol–water partition coefficient (Wildman–Crippen LogP) is 1.62. The number of sulfonamides is 1. The molecule has 2 N–H and O–H groups in total. The first-order chi connectivity index (χ1) is 10.4. The second-order valence-electron chi connectivity index (χ2n) is 4.53. The third-order valence-electron chi connectivity index (χ3n) is 3.21. The topological polar surface area (TPSA) is 89.7 Å². The molecule has 0 saturated heterocycles. The normalized spacial score (nSPS) is 11.0. The summed E-state index contributed by atoms with van der Waals surface area (Å²) in [6.07, 6.45) is 0. The van der Waals surface area contributed by atoms with Crippen molar-refractivity contribution < 1.29 is 17.9 Å². The number of rotatable bonds is 5. The van der Waals surface area contributed by atoms with E-state index in [0.29, 0.717) is 5.69 Å². The average molecular weight is 320 g/mol. The van der Waals surface area contributed by atoms with Gasteiger partial charge in [0, 0.05) is 7.05 Å². The molecule has 0 radical (unpaired) electrons. The molecule has 2 rings (SSSR count). The summed E-state index contributed by atoms with van der Waals surface area (Å²) in [5, 5.41) is 0. The molecule has 0 aliphatic carbocycles. The number of carbonyl (C=O) groups excluding carboxylic acids is 1. The minimum absolute atomic E-state index is 0.0186. The third-order valence-corrected chi connectivity index (χ3v) is 5.00. The van der Waals surface area contributed by atoms with E-state index in [1.54, 1.807) is 30.3 Å². The van der Waals surface area contributed by atoms with Crippen molar-refractivity contribution in [2.45, 2.75) is 4.90 Å². The molecule has 0 aliphatic heterocycles. The van der Waals surface area contributed by atoms with Crippen molar-refractivity contribution in [3.05, 3.63) is 54.1 Å². The van der Waals surface area contributed by atoms with Gasteiger partial charge in [0.05, 0.1) is 23.3 Å². The van der Waals surface area contributed by atoms with Crippen LogP contribution in [0.5, 0.6) is 5.75 Å². The minimum atomic E-state index is -3.80. The van der Waals surface area contributed by atoms with Crippen molar-refractivity contribution in [3.63, 3.8) is 0 Å². The lowest BCUT2D eigenvalue weighted by Crippen LogP contribution is -2.27. The first kappa shape index (κ1) is 15.8. The zero-order valence-electron chi connectivity index (χ0n) is 12.2. The summed E-state index contributed by atoms with van der Waals surface area (Å²) in [5.41, 5.74) is 5.79. The van der Waals surface area contributed by atoms with Crippen LogP contribution in [0.25, 0.3) is 0 Å². The zero-order valence-corrected chi connectivity index (χ0v) is 13.0. The molecule has 0 unspecified atom stereocenters. The quantitative estimate of drug-likeness (QED) is 0.906. The number of anilines is 1. The van der Waals surface area contributed by atoms with Crippen molar-refractivity contribution in [2.75, 3.05) is 18.5 Å². The van der Waals surface area contributed by atoms with Gasteiger partial charge >= 0.3 is 0 Å². The van der Waals surface area contributed by atoms with E-state index in [-0.39, 0.29) is 16.2 Å². The summed E-state index contributed by atoms with van der Waals surface area (Å²) < 4.78 is 31.4. The number of nitrogens with two attached hydrogens (primary N) is 1. The van der Waals surface area contributed by atoms with Gasteiger partial charge in [-0.1, -0.05) is 18.2 Å². The van der Waals surface area contributed by atoms with Crippen LogP contribution in [0.15, 0.2) is 53.4 Å². The number of hydrogen-bond donors (Lipinski definition) is 1. The largest absolute Gasteiger partial charge is 0.496 e. The van der Waals surface area contributed by atoms with Gasteiger partial charge in [-0.05, 0) is 30.3 Å². The van der Waals surface area contributed by atoms with E-state index in [9.17, 15) is 13.2 Å². The van der Waals surface area contributed by atoms with Gasteiger partial charge in [0.25, 0.3) is 15.9 Å². The highest BCUT2D eigenvalue weighted by molar-refractivity contribution is 7.92. The van der Waals surface area contributed by atoms with Crippen LogP contribution in [-0.2, 0) is 10.0 Å². The Labute approximate surface area is 129 Å². The maximum absolute atomic E-state index is 12.6. The van der Waals surface area contributed by atoms with E-state index < -0.39 is 15.9 Å². The first-order valence-corrected chi connectivity index (χ1v) is 7.83. The lowest BCUT2D eigenvalue weighted by Gasteiger charge is -2.20. The summed E-state index contributed by atoms with van der Waals surface area (Å²) in [5.74, 6) is -0.523. The molecule has 0 heterocycles. The van der Waals surface area contributed by atoms with Crippen molar-refractivity contribution in [1.82, 2.24) is 0 Å². The average Bonchev–Trinajstić information content (AvgIpc) is 2.54. The lowest BCUT2D eigenvalue weighted by molar-refractivity contribution is 0.0997. The van der Waals surface area contributed by atoms with Crippen LogP contribution in [0.1, 0.15) is 10.4 Å². The lowest BCUT2D eigenvalue weighted by atomic mass is 10.2. The van der Waals surface area contributed by atoms with E-state index in [2.05, 4.69) is 0 Å². The Hall–Kier alpha value is -2.54. The van der Waals surface area contributed by atoms with Crippen molar-refractivity contribution in [2.24, 2.45) is 5.73 Å². The molecule has 0 atom stereocenters. The molecule has 2 aromatic carbocycles. The third kappa shape index (κ3) is 2.89. The standard InChI is InChI=1S/C15H16N2O4S/c1-17(11-6-4-3-5-7-11)22(19,20)12-8-9-14(21-2)13(10-12)15(16)18/h3-10H,1-2H3,(H2,16,18). The molecule has 0 aromatic heterocycles. The number of para-hydroxylation sites is 1. The molecule has 0 bridgehead atoms. The van der Waals surface area contributed by atoms with E-state index in [4.69, 9.17) is 10.5 Å². The predicted molar refractivity (Wildman–Crippen MR) is 83.5 cm³/mol. The van der Waals surface area contributed by atoms with Gasteiger partial charge in [0.15, 0.2) is 0 Å². The molecule has 2 aromatic rings. The second-order valence-corrected chi connectivity index (χ2v) is 6.50. The highest BCUT2D eigenvalue weighted by Gasteiger charge is 2.23. The molecule has 0 fully saturated rings. The number of ether oxygens (including phenoxy) is 1. The van der Waals surface area contributed by atoms with Gasteiger partial charge in [0.1, 0.15) is 5.75 Å². The number of carbonyl (C=O) groups is 1. The summed E-state index contributed by atoms with van der Waals surface area (Å²) in [6, 6.07) is 12.6. The first-order valence-electron chi connectivity index (χ1n) is 6.39. The Bertz CT molecular complexity index is 788. The maximum atomic E-state index is 12.6. The number of hydrogen-bond acceptors (Lipinski definition) is 4.